The third kappa shape index (κ3) is 1.52. The predicted molar refractivity (Wildman–Crippen MR) is 80.9 cm³/mol. The van der Waals surface area contributed by atoms with E-state index >= 15 is 0 Å². The molecule has 4 rings (SSSR count). The summed E-state index contributed by atoms with van der Waals surface area (Å²) in [6.07, 6.45) is 14.0. The van der Waals surface area contributed by atoms with Gasteiger partial charge in [0.15, 0.2) is 0 Å². The van der Waals surface area contributed by atoms with Gasteiger partial charge in [0.25, 0.3) is 0 Å². The fraction of sp³-hybridized carbons (Fsp3) is 1.00. The normalized spacial score (nSPS) is 60.5. The molecule has 7 unspecified atom stereocenters. The van der Waals surface area contributed by atoms with Gasteiger partial charge in [-0.05, 0) is 85.4 Å². The van der Waals surface area contributed by atoms with Gasteiger partial charge in [0.2, 0.25) is 0 Å². The number of fused-ring (bicyclic) bond motifs is 5. The maximum Gasteiger partial charge on any atom is -0.0266 e. The summed E-state index contributed by atoms with van der Waals surface area (Å²) >= 11 is 0. The van der Waals surface area contributed by atoms with E-state index in [1.807, 2.05) is 0 Å². The first-order valence-corrected chi connectivity index (χ1v) is 9.06. The maximum atomic E-state index is 2.68. The van der Waals surface area contributed by atoms with Crippen LogP contribution in [-0.2, 0) is 0 Å². The molecule has 0 radical (unpaired) electrons. The summed E-state index contributed by atoms with van der Waals surface area (Å²) in [6, 6.07) is 0. The molecule has 0 aromatic heterocycles. The average molecular weight is 260 g/mol. The molecule has 0 heterocycles. The maximum absolute atomic E-state index is 2.68. The highest BCUT2D eigenvalue weighted by atomic mass is 14.7. The molecule has 0 heteroatoms. The molecule has 0 amide bonds. The minimum Gasteiger partial charge on any atom is -0.0620 e. The van der Waals surface area contributed by atoms with E-state index in [0.717, 1.165) is 35.0 Å². The molecule has 0 nitrogen and oxygen atoms in total. The Bertz CT molecular complexity index is 372. The van der Waals surface area contributed by atoms with Crippen LogP contribution < -0.4 is 0 Å². The van der Waals surface area contributed by atoms with E-state index < -0.39 is 0 Å². The monoisotopic (exact) mass is 260 g/mol. The van der Waals surface area contributed by atoms with Crippen LogP contribution in [0.25, 0.3) is 0 Å². The van der Waals surface area contributed by atoms with E-state index in [0.29, 0.717) is 5.41 Å². The Labute approximate surface area is 119 Å². The molecule has 0 aromatic carbocycles. The molecular formula is C19H32. The molecular weight excluding hydrogens is 228 g/mol. The second kappa shape index (κ2) is 4.01. The Hall–Kier alpha value is 0. The third-order valence-corrected chi connectivity index (χ3v) is 8.77. The summed E-state index contributed by atoms with van der Waals surface area (Å²) < 4.78 is 0. The fourth-order valence-corrected chi connectivity index (χ4v) is 7.33. The van der Waals surface area contributed by atoms with Crippen molar-refractivity contribution < 1.29 is 0 Å². The number of hydrogen-bond acceptors (Lipinski definition) is 0. The van der Waals surface area contributed by atoms with Crippen LogP contribution in [0.2, 0.25) is 0 Å². The van der Waals surface area contributed by atoms with Crippen LogP contribution in [0.5, 0.6) is 0 Å². The van der Waals surface area contributed by atoms with Gasteiger partial charge < -0.3 is 0 Å². The van der Waals surface area contributed by atoms with Crippen molar-refractivity contribution in [3.63, 3.8) is 0 Å². The van der Waals surface area contributed by atoms with E-state index in [4.69, 9.17) is 0 Å². The topological polar surface area (TPSA) is 0 Å². The highest BCUT2D eigenvalue weighted by Crippen LogP contribution is 2.69. The van der Waals surface area contributed by atoms with E-state index in [9.17, 15) is 0 Å². The zero-order valence-corrected chi connectivity index (χ0v) is 13.3. The Balaban J connectivity index is 1.66. The second-order valence-corrected chi connectivity index (χ2v) is 9.08. The Morgan fingerprint density at radius 2 is 1.58 bits per heavy atom. The zero-order valence-electron chi connectivity index (χ0n) is 13.3. The lowest BCUT2D eigenvalue weighted by atomic mass is 9.55. The lowest BCUT2D eigenvalue weighted by Crippen LogP contribution is -2.42. The van der Waals surface area contributed by atoms with Crippen molar-refractivity contribution in [3.05, 3.63) is 0 Å². The number of hydrogen-bond donors (Lipinski definition) is 0. The first kappa shape index (κ1) is 12.7. The van der Waals surface area contributed by atoms with Crippen LogP contribution in [-0.4, -0.2) is 0 Å². The Kier molecular flexibility index (Phi) is 2.69. The molecule has 0 N–H and O–H groups in total. The lowest BCUT2D eigenvalue weighted by molar-refractivity contribution is -0.0100. The van der Waals surface area contributed by atoms with Crippen molar-refractivity contribution in [2.75, 3.05) is 0 Å². The van der Waals surface area contributed by atoms with Gasteiger partial charge in [0, 0.05) is 0 Å². The molecule has 0 saturated heterocycles. The first-order chi connectivity index (χ1) is 9.06. The van der Waals surface area contributed by atoms with Gasteiger partial charge in [0.05, 0.1) is 0 Å². The van der Waals surface area contributed by atoms with Gasteiger partial charge in [-0.3, -0.25) is 0 Å². The smallest absolute Gasteiger partial charge is 0.0266 e. The molecule has 0 aromatic rings. The van der Waals surface area contributed by atoms with Crippen LogP contribution in [0.3, 0.4) is 0 Å². The molecule has 19 heavy (non-hydrogen) atoms. The lowest BCUT2D eigenvalue weighted by Gasteiger charge is -2.50. The van der Waals surface area contributed by atoms with Crippen molar-refractivity contribution in [1.29, 1.82) is 0 Å². The summed E-state index contributed by atoms with van der Waals surface area (Å²) in [5, 5.41) is 0. The molecule has 4 aliphatic carbocycles. The van der Waals surface area contributed by atoms with Crippen molar-refractivity contribution >= 4 is 0 Å². The third-order valence-electron chi connectivity index (χ3n) is 8.77. The predicted octanol–water partition coefficient (Wildman–Crippen LogP) is 5.67. The summed E-state index contributed by atoms with van der Waals surface area (Å²) in [4.78, 5) is 0. The van der Waals surface area contributed by atoms with Crippen LogP contribution >= 0.6 is 0 Å². The molecule has 7 atom stereocenters. The molecule has 4 saturated carbocycles. The molecule has 4 fully saturated rings. The molecule has 0 bridgehead atoms. The summed E-state index contributed by atoms with van der Waals surface area (Å²) in [7, 11) is 0. The van der Waals surface area contributed by atoms with Crippen LogP contribution in [0.15, 0.2) is 0 Å². The van der Waals surface area contributed by atoms with Crippen molar-refractivity contribution in [2.45, 2.75) is 78.6 Å². The Morgan fingerprint density at radius 3 is 2.42 bits per heavy atom. The van der Waals surface area contributed by atoms with Crippen LogP contribution in [0.1, 0.15) is 78.6 Å². The first-order valence-electron chi connectivity index (χ1n) is 9.06. The van der Waals surface area contributed by atoms with Gasteiger partial charge in [-0.2, -0.15) is 0 Å². The van der Waals surface area contributed by atoms with Gasteiger partial charge in [-0.1, -0.05) is 33.6 Å². The van der Waals surface area contributed by atoms with Gasteiger partial charge >= 0.3 is 0 Å². The molecule has 0 spiro atoms. The van der Waals surface area contributed by atoms with E-state index in [1.165, 1.54) is 19.3 Å². The Morgan fingerprint density at radius 1 is 0.789 bits per heavy atom. The summed E-state index contributed by atoms with van der Waals surface area (Å²) in [5.74, 6) is 5.38. The number of rotatable bonds is 0. The largest absolute Gasteiger partial charge is 0.0620 e. The second-order valence-electron chi connectivity index (χ2n) is 9.08. The van der Waals surface area contributed by atoms with Crippen molar-refractivity contribution in [1.82, 2.24) is 0 Å². The van der Waals surface area contributed by atoms with Crippen LogP contribution in [0.4, 0.5) is 0 Å². The van der Waals surface area contributed by atoms with Gasteiger partial charge in [0.1, 0.15) is 0 Å². The van der Waals surface area contributed by atoms with E-state index in [-0.39, 0.29) is 0 Å². The SMILES string of the molecule is CC1CCC2C3CC4CCCCC4(C)C3CCC12C. The fourth-order valence-electron chi connectivity index (χ4n) is 7.33. The zero-order chi connectivity index (χ0) is 13.3. The van der Waals surface area contributed by atoms with Crippen molar-refractivity contribution in [3.8, 4) is 0 Å². The quantitative estimate of drug-likeness (QED) is 0.527. The highest BCUT2D eigenvalue weighted by molar-refractivity contribution is 5.10. The van der Waals surface area contributed by atoms with E-state index in [1.54, 1.807) is 38.5 Å². The molecule has 4 aliphatic rings. The molecule has 108 valence electrons. The highest BCUT2D eigenvalue weighted by Gasteiger charge is 2.61. The van der Waals surface area contributed by atoms with E-state index in [2.05, 4.69) is 20.8 Å². The van der Waals surface area contributed by atoms with Gasteiger partial charge in [-0.25, -0.2) is 0 Å². The minimum absolute atomic E-state index is 0.713. The summed E-state index contributed by atoms with van der Waals surface area (Å²) in [6.45, 7) is 7.88. The van der Waals surface area contributed by atoms with Gasteiger partial charge in [-0.15, -0.1) is 0 Å². The average Bonchev–Trinajstić information content (AvgIpc) is 2.85. The summed E-state index contributed by atoms with van der Waals surface area (Å²) in [5.41, 5.74) is 1.46. The standard InChI is InChI=1S/C19H32/c1-13-7-8-16-15-12-14-6-4-5-10-19(14,3)17(15)9-11-18(13,16)2/h13-17H,4-12H2,1-3H3. The molecule has 0 aliphatic heterocycles. The van der Waals surface area contributed by atoms with Crippen molar-refractivity contribution in [2.24, 2.45) is 40.4 Å². The van der Waals surface area contributed by atoms with Crippen LogP contribution in [0, 0.1) is 40.4 Å². The minimum atomic E-state index is 0.713.